The fraction of sp³-hybridized carbons (Fsp3) is 0.222. The third-order valence-corrected chi connectivity index (χ3v) is 4.38. The first-order valence-electron chi connectivity index (χ1n) is 7.68. The number of anilines is 1. The molecule has 2 unspecified atom stereocenters. The summed E-state index contributed by atoms with van der Waals surface area (Å²) in [5.41, 5.74) is 3.65. The molecule has 0 bridgehead atoms. The molecule has 0 fully saturated rings. The van der Waals surface area contributed by atoms with Crippen LogP contribution in [0.1, 0.15) is 29.6 Å². The van der Waals surface area contributed by atoms with Gasteiger partial charge in [0.2, 0.25) is 0 Å². The number of ether oxygens (including phenoxy) is 1. The van der Waals surface area contributed by atoms with Crippen molar-refractivity contribution < 1.29 is 4.74 Å². The first kappa shape index (κ1) is 13.8. The lowest BCUT2D eigenvalue weighted by atomic mass is 9.89. The highest BCUT2D eigenvalue weighted by Gasteiger charge is 2.28. The molecule has 1 N–H and O–H groups in total. The molecule has 0 saturated carbocycles. The first-order valence-corrected chi connectivity index (χ1v) is 7.68. The number of fused-ring (bicyclic) bond motifs is 1. The molecule has 0 aliphatic carbocycles. The van der Waals surface area contributed by atoms with Gasteiger partial charge >= 0.3 is 0 Å². The summed E-state index contributed by atoms with van der Waals surface area (Å²) < 4.78 is 7.19. The topological polar surface area (TPSA) is 52.0 Å². The van der Waals surface area contributed by atoms with Gasteiger partial charge in [-0.1, -0.05) is 30.3 Å². The number of hydrogen-bond acceptors (Lipinski definition) is 4. The number of aromatic nitrogens is 3. The van der Waals surface area contributed by atoms with Crippen molar-refractivity contribution in [3.8, 4) is 5.75 Å². The van der Waals surface area contributed by atoms with Crippen LogP contribution in [-0.4, -0.2) is 21.9 Å². The Labute approximate surface area is 134 Å². The molecular weight excluding hydrogens is 288 g/mol. The van der Waals surface area contributed by atoms with Gasteiger partial charge in [0, 0.05) is 5.69 Å². The van der Waals surface area contributed by atoms with Crippen LogP contribution in [0, 0.1) is 0 Å². The number of nitrogens with one attached hydrogen (secondary N) is 1. The number of hydrogen-bond donors (Lipinski definition) is 1. The van der Waals surface area contributed by atoms with E-state index in [1.54, 1.807) is 19.8 Å². The smallest absolute Gasteiger partial charge is 0.137 e. The summed E-state index contributed by atoms with van der Waals surface area (Å²) in [6.45, 7) is 0. The van der Waals surface area contributed by atoms with Crippen molar-refractivity contribution in [3.63, 3.8) is 0 Å². The van der Waals surface area contributed by atoms with Gasteiger partial charge in [-0.25, -0.2) is 9.67 Å². The number of methoxy groups -OCH3 is 1. The van der Waals surface area contributed by atoms with Gasteiger partial charge < -0.3 is 10.1 Å². The Hall–Kier alpha value is -2.82. The lowest BCUT2D eigenvalue weighted by Gasteiger charge is -2.33. The molecule has 1 aromatic heterocycles. The lowest BCUT2D eigenvalue weighted by Crippen LogP contribution is -2.25. The molecule has 2 heterocycles. The molecule has 3 aromatic rings. The highest BCUT2D eigenvalue weighted by atomic mass is 16.5. The Morgan fingerprint density at radius 3 is 2.70 bits per heavy atom. The summed E-state index contributed by atoms with van der Waals surface area (Å²) >= 11 is 0. The van der Waals surface area contributed by atoms with Gasteiger partial charge in [0.1, 0.15) is 18.4 Å². The molecule has 2 aromatic carbocycles. The maximum Gasteiger partial charge on any atom is 0.137 e. The van der Waals surface area contributed by atoms with Gasteiger partial charge in [0.15, 0.2) is 0 Å². The largest absolute Gasteiger partial charge is 0.497 e. The Balaban J connectivity index is 1.71. The molecule has 23 heavy (non-hydrogen) atoms. The molecule has 5 nitrogen and oxygen atoms in total. The minimum absolute atomic E-state index is 0.182. The summed E-state index contributed by atoms with van der Waals surface area (Å²) in [7, 11) is 1.69. The summed E-state index contributed by atoms with van der Waals surface area (Å²) in [5.74, 6) is 0.873. The van der Waals surface area contributed by atoms with Crippen LogP contribution in [0.25, 0.3) is 0 Å². The molecule has 116 valence electrons. The Bertz CT molecular complexity index is 783. The molecule has 2 atom stereocenters. The molecule has 1 aliphatic heterocycles. The van der Waals surface area contributed by atoms with Gasteiger partial charge in [0.25, 0.3) is 0 Å². The van der Waals surface area contributed by atoms with E-state index in [9.17, 15) is 0 Å². The van der Waals surface area contributed by atoms with E-state index < -0.39 is 0 Å². The minimum Gasteiger partial charge on any atom is -0.497 e. The molecule has 0 amide bonds. The fourth-order valence-electron chi connectivity index (χ4n) is 3.20. The van der Waals surface area contributed by atoms with Crippen LogP contribution in [-0.2, 0) is 0 Å². The van der Waals surface area contributed by atoms with Crippen LogP contribution in [0.4, 0.5) is 5.69 Å². The van der Waals surface area contributed by atoms with Gasteiger partial charge in [0.05, 0.1) is 19.2 Å². The van der Waals surface area contributed by atoms with E-state index in [-0.39, 0.29) is 12.1 Å². The lowest BCUT2D eigenvalue weighted by molar-refractivity contribution is 0.414. The molecule has 4 rings (SSSR count). The normalized spacial score (nSPS) is 19.7. The zero-order valence-electron chi connectivity index (χ0n) is 12.9. The molecule has 0 saturated heterocycles. The minimum atomic E-state index is 0.182. The highest BCUT2D eigenvalue weighted by Crippen LogP contribution is 2.40. The quantitative estimate of drug-likeness (QED) is 0.805. The van der Waals surface area contributed by atoms with E-state index >= 15 is 0 Å². The number of rotatable bonds is 3. The fourth-order valence-corrected chi connectivity index (χ4v) is 3.20. The van der Waals surface area contributed by atoms with Crippen LogP contribution in [0.2, 0.25) is 0 Å². The second-order valence-electron chi connectivity index (χ2n) is 5.68. The van der Waals surface area contributed by atoms with Crippen LogP contribution in [0.15, 0.2) is 61.2 Å². The monoisotopic (exact) mass is 306 g/mol. The van der Waals surface area contributed by atoms with Crippen molar-refractivity contribution in [2.75, 3.05) is 12.4 Å². The van der Waals surface area contributed by atoms with Crippen molar-refractivity contribution >= 4 is 5.69 Å². The van der Waals surface area contributed by atoms with Crippen molar-refractivity contribution in [3.05, 3.63) is 72.3 Å². The van der Waals surface area contributed by atoms with Crippen LogP contribution in [0.3, 0.4) is 0 Å². The van der Waals surface area contributed by atoms with Gasteiger partial charge in [-0.15, -0.1) is 0 Å². The summed E-state index contributed by atoms with van der Waals surface area (Å²) in [5, 5.41) is 7.99. The van der Waals surface area contributed by atoms with Crippen molar-refractivity contribution in [2.45, 2.75) is 18.5 Å². The van der Waals surface area contributed by atoms with Gasteiger partial charge in [-0.2, -0.15) is 5.10 Å². The van der Waals surface area contributed by atoms with Gasteiger partial charge in [-0.05, 0) is 35.7 Å². The Kier molecular flexibility index (Phi) is 3.46. The molecule has 1 aliphatic rings. The van der Waals surface area contributed by atoms with Gasteiger partial charge in [-0.3, -0.25) is 0 Å². The van der Waals surface area contributed by atoms with Crippen molar-refractivity contribution in [1.29, 1.82) is 0 Å². The van der Waals surface area contributed by atoms with E-state index in [0.717, 1.165) is 17.9 Å². The number of para-hydroxylation sites is 1. The molecule has 5 heteroatoms. The van der Waals surface area contributed by atoms with E-state index in [1.165, 1.54) is 11.1 Å². The Morgan fingerprint density at radius 1 is 1.13 bits per heavy atom. The zero-order valence-corrected chi connectivity index (χ0v) is 12.9. The second-order valence-corrected chi connectivity index (χ2v) is 5.68. The Morgan fingerprint density at radius 2 is 1.96 bits per heavy atom. The third-order valence-electron chi connectivity index (χ3n) is 4.38. The average Bonchev–Trinajstić information content (AvgIpc) is 3.15. The molecule has 0 spiro atoms. The predicted molar refractivity (Wildman–Crippen MR) is 88.6 cm³/mol. The average molecular weight is 306 g/mol. The summed E-state index contributed by atoms with van der Waals surface area (Å²) in [6.07, 6.45) is 4.30. The third kappa shape index (κ3) is 2.54. The summed E-state index contributed by atoms with van der Waals surface area (Å²) in [4.78, 5) is 4.11. The van der Waals surface area contributed by atoms with Crippen molar-refractivity contribution in [1.82, 2.24) is 14.8 Å². The van der Waals surface area contributed by atoms with E-state index in [0.29, 0.717) is 0 Å². The van der Waals surface area contributed by atoms with E-state index in [1.807, 2.05) is 16.8 Å². The van der Waals surface area contributed by atoms with Crippen LogP contribution < -0.4 is 10.1 Å². The predicted octanol–water partition coefficient (Wildman–Crippen LogP) is 3.43. The van der Waals surface area contributed by atoms with Crippen LogP contribution in [0.5, 0.6) is 5.75 Å². The van der Waals surface area contributed by atoms with E-state index in [2.05, 4.69) is 51.8 Å². The molecule has 0 radical (unpaired) electrons. The standard InChI is InChI=1S/C18H18N4O/c1-23-14-8-6-13(7-9-14)17-10-18(22-12-19-11-20-22)15-4-2-3-5-16(15)21-17/h2-9,11-12,17-18,21H,10H2,1H3. The SMILES string of the molecule is COc1ccc(C2CC(n3cncn3)c3ccccc3N2)cc1. The zero-order chi connectivity index (χ0) is 15.6. The number of benzene rings is 2. The highest BCUT2D eigenvalue weighted by molar-refractivity contribution is 5.56. The summed E-state index contributed by atoms with van der Waals surface area (Å²) in [6, 6.07) is 17.0. The maximum atomic E-state index is 5.25. The first-order chi connectivity index (χ1) is 11.3. The second kappa shape index (κ2) is 5.76. The van der Waals surface area contributed by atoms with Crippen LogP contribution >= 0.6 is 0 Å². The van der Waals surface area contributed by atoms with E-state index in [4.69, 9.17) is 4.74 Å². The van der Waals surface area contributed by atoms with Crippen molar-refractivity contribution in [2.24, 2.45) is 0 Å². The maximum absolute atomic E-state index is 5.25. The molecular formula is C18H18N4O. The number of nitrogens with zero attached hydrogens (tertiary/aromatic N) is 3.